The molecule has 0 spiro atoms. The lowest BCUT2D eigenvalue weighted by Gasteiger charge is -2.19. The molecular formula is C13H18O3. The molecule has 2 N–H and O–H groups in total. The largest absolute Gasteiger partial charge is 0.507 e. The number of carbonyl (C=O) groups excluding carboxylic acids is 1. The highest BCUT2D eigenvalue weighted by Crippen LogP contribution is 2.35. The molecule has 1 rings (SSSR count). The summed E-state index contributed by atoms with van der Waals surface area (Å²) in [5.41, 5.74) is 0.684. The summed E-state index contributed by atoms with van der Waals surface area (Å²) < 4.78 is 0. The number of aromatic hydroxyl groups is 2. The number of phenolic OH excluding ortho intramolecular Hbond substituents is 2. The van der Waals surface area contributed by atoms with Crippen LogP contribution in [-0.4, -0.2) is 16.0 Å². The number of rotatable bonds is 1. The van der Waals surface area contributed by atoms with Crippen molar-refractivity contribution in [3.8, 4) is 11.5 Å². The Labute approximate surface area is 95.7 Å². The highest BCUT2D eigenvalue weighted by molar-refractivity contribution is 6.02. The molecule has 0 saturated carbocycles. The van der Waals surface area contributed by atoms with Crippen molar-refractivity contribution in [3.63, 3.8) is 0 Å². The summed E-state index contributed by atoms with van der Waals surface area (Å²) in [7, 11) is 0. The minimum Gasteiger partial charge on any atom is -0.507 e. The van der Waals surface area contributed by atoms with Crippen molar-refractivity contribution in [1.29, 1.82) is 0 Å². The average Bonchev–Trinajstić information content (AvgIpc) is 2.18. The van der Waals surface area contributed by atoms with Gasteiger partial charge in [-0.2, -0.15) is 0 Å². The van der Waals surface area contributed by atoms with E-state index in [-0.39, 0.29) is 22.8 Å². The SMILES string of the molecule is Cc1cc(C(=O)C(C)(C)C)c(O)c(C)c1O. The lowest BCUT2D eigenvalue weighted by molar-refractivity contribution is 0.0855. The second-order valence-electron chi connectivity index (χ2n) is 5.14. The number of carbonyl (C=O) groups is 1. The van der Waals surface area contributed by atoms with Gasteiger partial charge in [-0.15, -0.1) is 0 Å². The molecule has 0 heterocycles. The third-order valence-corrected chi connectivity index (χ3v) is 2.63. The zero-order valence-electron chi connectivity index (χ0n) is 10.4. The second kappa shape index (κ2) is 3.81. The Morgan fingerprint density at radius 2 is 1.62 bits per heavy atom. The summed E-state index contributed by atoms with van der Waals surface area (Å²) in [4.78, 5) is 12.1. The van der Waals surface area contributed by atoms with Gasteiger partial charge in [0.25, 0.3) is 0 Å². The van der Waals surface area contributed by atoms with Crippen LogP contribution < -0.4 is 0 Å². The molecule has 3 nitrogen and oxygen atoms in total. The van der Waals surface area contributed by atoms with Crippen molar-refractivity contribution in [2.45, 2.75) is 34.6 Å². The van der Waals surface area contributed by atoms with Crippen LogP contribution >= 0.6 is 0 Å². The maximum Gasteiger partial charge on any atom is 0.171 e. The zero-order valence-corrected chi connectivity index (χ0v) is 10.4. The van der Waals surface area contributed by atoms with Gasteiger partial charge in [0, 0.05) is 11.0 Å². The van der Waals surface area contributed by atoms with Crippen molar-refractivity contribution in [2.75, 3.05) is 0 Å². The molecule has 88 valence electrons. The van der Waals surface area contributed by atoms with E-state index >= 15 is 0 Å². The van der Waals surface area contributed by atoms with Crippen molar-refractivity contribution in [3.05, 3.63) is 22.8 Å². The van der Waals surface area contributed by atoms with E-state index < -0.39 is 5.41 Å². The number of ketones is 1. The average molecular weight is 222 g/mol. The first kappa shape index (κ1) is 12.6. The molecule has 16 heavy (non-hydrogen) atoms. The molecule has 0 radical (unpaired) electrons. The monoisotopic (exact) mass is 222 g/mol. The minimum atomic E-state index is -0.548. The number of hydrogen-bond acceptors (Lipinski definition) is 3. The highest BCUT2D eigenvalue weighted by Gasteiger charge is 2.27. The van der Waals surface area contributed by atoms with E-state index in [4.69, 9.17) is 0 Å². The molecule has 0 aliphatic rings. The van der Waals surface area contributed by atoms with Crippen molar-refractivity contribution in [2.24, 2.45) is 5.41 Å². The predicted octanol–water partition coefficient (Wildman–Crippen LogP) is 2.94. The molecule has 0 aliphatic heterocycles. The number of Topliss-reactive ketones (excluding diaryl/α,β-unsaturated/α-hetero) is 1. The van der Waals surface area contributed by atoms with Crippen molar-refractivity contribution < 1.29 is 15.0 Å². The second-order valence-corrected chi connectivity index (χ2v) is 5.14. The molecule has 0 aliphatic carbocycles. The molecule has 3 heteroatoms. The van der Waals surface area contributed by atoms with Gasteiger partial charge in [-0.3, -0.25) is 4.79 Å². The van der Waals surface area contributed by atoms with E-state index in [0.717, 1.165) is 0 Å². The quantitative estimate of drug-likeness (QED) is 0.718. The standard InChI is InChI=1S/C13H18O3/c1-7-6-9(12(16)13(3,4)5)11(15)8(2)10(7)14/h6,14-15H,1-5H3. The van der Waals surface area contributed by atoms with Gasteiger partial charge in [-0.25, -0.2) is 0 Å². The highest BCUT2D eigenvalue weighted by atomic mass is 16.3. The summed E-state index contributed by atoms with van der Waals surface area (Å²) >= 11 is 0. The lowest BCUT2D eigenvalue weighted by atomic mass is 9.85. The Hall–Kier alpha value is -1.51. The summed E-state index contributed by atoms with van der Waals surface area (Å²) in [6.45, 7) is 8.70. The zero-order chi connectivity index (χ0) is 12.7. The number of phenols is 2. The van der Waals surface area contributed by atoms with Gasteiger partial charge in [-0.05, 0) is 25.5 Å². The Kier molecular flexibility index (Phi) is 2.99. The number of aryl methyl sites for hydroxylation is 1. The van der Waals surface area contributed by atoms with E-state index in [2.05, 4.69) is 0 Å². The van der Waals surface area contributed by atoms with E-state index in [1.165, 1.54) is 6.07 Å². The molecular weight excluding hydrogens is 204 g/mol. The van der Waals surface area contributed by atoms with Gasteiger partial charge in [0.2, 0.25) is 0 Å². The molecule has 0 bridgehead atoms. The first-order valence-corrected chi connectivity index (χ1v) is 5.23. The van der Waals surface area contributed by atoms with Gasteiger partial charge >= 0.3 is 0 Å². The van der Waals surface area contributed by atoms with E-state index in [1.54, 1.807) is 34.6 Å². The molecule has 0 amide bonds. The van der Waals surface area contributed by atoms with E-state index in [9.17, 15) is 15.0 Å². The fourth-order valence-electron chi connectivity index (χ4n) is 1.54. The summed E-state index contributed by atoms with van der Waals surface area (Å²) in [6, 6.07) is 1.53. The maximum absolute atomic E-state index is 12.1. The van der Waals surface area contributed by atoms with Crippen LogP contribution in [0.5, 0.6) is 11.5 Å². The molecule has 0 unspecified atom stereocenters. The Morgan fingerprint density at radius 3 is 2.06 bits per heavy atom. The molecule has 0 saturated heterocycles. The van der Waals surface area contributed by atoms with Crippen molar-refractivity contribution >= 4 is 5.78 Å². The summed E-state index contributed by atoms with van der Waals surface area (Å²) in [6.07, 6.45) is 0. The van der Waals surface area contributed by atoms with Crippen LogP contribution in [-0.2, 0) is 0 Å². The van der Waals surface area contributed by atoms with Crippen LogP contribution in [0.2, 0.25) is 0 Å². The molecule has 1 aromatic carbocycles. The normalized spacial score (nSPS) is 11.6. The van der Waals surface area contributed by atoms with Gasteiger partial charge in [0.1, 0.15) is 11.5 Å². The molecule has 0 atom stereocenters. The van der Waals surface area contributed by atoms with E-state index in [1.807, 2.05) is 0 Å². The van der Waals surface area contributed by atoms with Crippen molar-refractivity contribution in [1.82, 2.24) is 0 Å². The van der Waals surface area contributed by atoms with Gasteiger partial charge in [-0.1, -0.05) is 20.8 Å². The van der Waals surface area contributed by atoms with Crippen LogP contribution in [0.1, 0.15) is 42.3 Å². The molecule has 0 fully saturated rings. The first-order chi connectivity index (χ1) is 7.16. The first-order valence-electron chi connectivity index (χ1n) is 5.23. The third-order valence-electron chi connectivity index (χ3n) is 2.63. The van der Waals surface area contributed by atoms with Gasteiger partial charge in [0.05, 0.1) is 5.56 Å². The van der Waals surface area contributed by atoms with Crippen LogP contribution in [0.15, 0.2) is 6.07 Å². The van der Waals surface area contributed by atoms with Crippen LogP contribution in [0.3, 0.4) is 0 Å². The van der Waals surface area contributed by atoms with Crippen LogP contribution in [0.25, 0.3) is 0 Å². The third kappa shape index (κ3) is 2.03. The molecule has 0 aromatic heterocycles. The predicted molar refractivity (Wildman–Crippen MR) is 63.0 cm³/mol. The maximum atomic E-state index is 12.1. The Morgan fingerprint density at radius 1 is 1.12 bits per heavy atom. The summed E-state index contributed by atoms with van der Waals surface area (Å²) in [5.74, 6) is -0.206. The number of benzene rings is 1. The number of hydrogen-bond donors (Lipinski definition) is 2. The fourth-order valence-corrected chi connectivity index (χ4v) is 1.54. The van der Waals surface area contributed by atoms with Crippen LogP contribution in [0, 0.1) is 19.3 Å². The van der Waals surface area contributed by atoms with Crippen LogP contribution in [0.4, 0.5) is 0 Å². The van der Waals surface area contributed by atoms with E-state index in [0.29, 0.717) is 11.1 Å². The van der Waals surface area contributed by atoms with Gasteiger partial charge < -0.3 is 10.2 Å². The Bertz CT molecular complexity index is 439. The Balaban J connectivity index is 3.43. The smallest absolute Gasteiger partial charge is 0.171 e. The topological polar surface area (TPSA) is 57.5 Å². The summed E-state index contributed by atoms with van der Waals surface area (Å²) in [5, 5.41) is 19.5. The molecule has 1 aromatic rings. The van der Waals surface area contributed by atoms with Gasteiger partial charge in [0.15, 0.2) is 5.78 Å². The fraction of sp³-hybridized carbons (Fsp3) is 0.462. The lowest BCUT2D eigenvalue weighted by Crippen LogP contribution is -2.20. The minimum absolute atomic E-state index is 0.0444.